The number of hydrogen-bond acceptors (Lipinski definition) is 6. The van der Waals surface area contributed by atoms with Crippen molar-refractivity contribution < 1.29 is 14.3 Å². The Morgan fingerprint density at radius 1 is 1.14 bits per heavy atom. The Labute approximate surface area is 173 Å². The summed E-state index contributed by atoms with van der Waals surface area (Å²) in [4.78, 5) is 30.6. The summed E-state index contributed by atoms with van der Waals surface area (Å²) in [5.74, 6) is -0.639. The molecule has 7 heteroatoms. The Hall–Kier alpha value is -3.50. The number of amides is 1. The quantitative estimate of drug-likeness (QED) is 0.576. The molecule has 1 heterocycles. The number of rotatable bonds is 5. The maximum absolute atomic E-state index is 12.3. The third kappa shape index (κ3) is 4.50. The van der Waals surface area contributed by atoms with E-state index in [1.807, 2.05) is 38.1 Å². The minimum atomic E-state index is -0.498. The maximum atomic E-state index is 12.3. The summed E-state index contributed by atoms with van der Waals surface area (Å²) in [5.41, 5.74) is 4.16. The molecule has 146 valence electrons. The molecule has 3 rings (SSSR count). The minimum absolute atomic E-state index is 0.00612. The number of hydrogen-bond donors (Lipinski definition) is 0. The molecular formula is C22H19N3O3S. The van der Waals surface area contributed by atoms with Gasteiger partial charge in [-0.05, 0) is 49.2 Å². The van der Waals surface area contributed by atoms with Crippen molar-refractivity contribution in [2.24, 2.45) is 0 Å². The number of nitrogens with zero attached hydrogens (tertiary/aromatic N) is 3. The number of esters is 1. The van der Waals surface area contributed by atoms with Gasteiger partial charge in [-0.3, -0.25) is 9.69 Å². The number of thiazole rings is 1. The Morgan fingerprint density at radius 2 is 1.79 bits per heavy atom. The van der Waals surface area contributed by atoms with E-state index in [-0.39, 0.29) is 12.5 Å². The number of ether oxygens (including phenoxy) is 1. The maximum Gasteiger partial charge on any atom is 0.338 e. The molecule has 0 atom stereocenters. The molecule has 0 saturated heterocycles. The van der Waals surface area contributed by atoms with Gasteiger partial charge in [-0.25, -0.2) is 9.78 Å². The standard InChI is InChI=1S/C22H19N3O3S/c1-14-5-4-6-15(2)20(14)25(16(3)26)22-24-19(13-29-22)12-28-21(27)18-9-7-17(11-23)8-10-18/h4-10,13H,12H2,1-3H3. The number of aryl methyl sites for hydroxylation is 2. The molecule has 0 saturated carbocycles. The number of benzene rings is 2. The number of carbonyl (C=O) groups excluding carboxylic acids is 2. The van der Waals surface area contributed by atoms with Gasteiger partial charge >= 0.3 is 5.97 Å². The van der Waals surface area contributed by atoms with Crippen LogP contribution < -0.4 is 4.90 Å². The Bertz CT molecular complexity index is 1080. The van der Waals surface area contributed by atoms with Crippen LogP contribution in [0.25, 0.3) is 0 Å². The molecule has 0 aliphatic rings. The monoisotopic (exact) mass is 405 g/mol. The Balaban J connectivity index is 1.76. The van der Waals surface area contributed by atoms with Crippen LogP contribution in [0.1, 0.15) is 39.7 Å². The molecule has 0 aliphatic heterocycles. The fourth-order valence-electron chi connectivity index (χ4n) is 2.92. The van der Waals surface area contributed by atoms with E-state index in [9.17, 15) is 9.59 Å². The van der Waals surface area contributed by atoms with Gasteiger partial charge in [0.1, 0.15) is 6.61 Å². The highest BCUT2D eigenvalue weighted by Gasteiger charge is 2.21. The van der Waals surface area contributed by atoms with E-state index in [0.717, 1.165) is 16.8 Å². The first-order chi connectivity index (χ1) is 13.9. The SMILES string of the molecule is CC(=O)N(c1nc(COC(=O)c2ccc(C#N)cc2)cs1)c1c(C)cccc1C. The third-order valence-electron chi connectivity index (χ3n) is 4.31. The van der Waals surface area contributed by atoms with Crippen molar-refractivity contribution in [3.63, 3.8) is 0 Å². The van der Waals surface area contributed by atoms with E-state index >= 15 is 0 Å². The first-order valence-electron chi connectivity index (χ1n) is 8.89. The van der Waals surface area contributed by atoms with Gasteiger partial charge in [0.25, 0.3) is 0 Å². The second kappa shape index (κ2) is 8.67. The fraction of sp³-hybridized carbons (Fsp3) is 0.182. The van der Waals surface area contributed by atoms with Crippen molar-refractivity contribution in [3.8, 4) is 6.07 Å². The smallest absolute Gasteiger partial charge is 0.338 e. The Morgan fingerprint density at radius 3 is 2.38 bits per heavy atom. The number of aromatic nitrogens is 1. The summed E-state index contributed by atoms with van der Waals surface area (Å²) in [6.07, 6.45) is 0. The van der Waals surface area contributed by atoms with Gasteiger partial charge < -0.3 is 4.74 Å². The molecule has 0 fully saturated rings. The summed E-state index contributed by atoms with van der Waals surface area (Å²) >= 11 is 1.32. The predicted molar refractivity (Wildman–Crippen MR) is 111 cm³/mol. The molecule has 29 heavy (non-hydrogen) atoms. The first-order valence-corrected chi connectivity index (χ1v) is 9.77. The van der Waals surface area contributed by atoms with Crippen LogP contribution in [-0.4, -0.2) is 16.9 Å². The van der Waals surface area contributed by atoms with Crippen LogP contribution in [0.5, 0.6) is 0 Å². The average molecular weight is 405 g/mol. The van der Waals surface area contributed by atoms with Crippen LogP contribution in [0.15, 0.2) is 47.8 Å². The topological polar surface area (TPSA) is 83.3 Å². The van der Waals surface area contributed by atoms with Crippen LogP contribution in [0.4, 0.5) is 10.8 Å². The summed E-state index contributed by atoms with van der Waals surface area (Å²) in [6, 6.07) is 14.1. The van der Waals surface area contributed by atoms with Gasteiger partial charge in [0, 0.05) is 12.3 Å². The van der Waals surface area contributed by atoms with Crippen molar-refractivity contribution in [1.82, 2.24) is 4.98 Å². The zero-order valence-corrected chi connectivity index (χ0v) is 17.1. The molecule has 0 aliphatic carbocycles. The van der Waals surface area contributed by atoms with Crippen molar-refractivity contribution in [1.29, 1.82) is 5.26 Å². The number of carbonyl (C=O) groups is 2. The van der Waals surface area contributed by atoms with Crippen molar-refractivity contribution in [2.45, 2.75) is 27.4 Å². The van der Waals surface area contributed by atoms with E-state index in [0.29, 0.717) is 22.0 Å². The fourth-order valence-corrected chi connectivity index (χ4v) is 3.77. The van der Waals surface area contributed by atoms with Crippen LogP contribution in [-0.2, 0) is 16.1 Å². The summed E-state index contributed by atoms with van der Waals surface area (Å²) in [7, 11) is 0. The molecule has 3 aromatic rings. The Kier molecular flexibility index (Phi) is 6.05. The highest BCUT2D eigenvalue weighted by molar-refractivity contribution is 7.14. The molecule has 0 radical (unpaired) electrons. The number of para-hydroxylation sites is 1. The lowest BCUT2D eigenvalue weighted by Gasteiger charge is -2.22. The van der Waals surface area contributed by atoms with Crippen molar-refractivity contribution in [2.75, 3.05) is 4.90 Å². The minimum Gasteiger partial charge on any atom is -0.456 e. The summed E-state index contributed by atoms with van der Waals surface area (Å²) < 4.78 is 5.31. The summed E-state index contributed by atoms with van der Waals surface area (Å²) in [6.45, 7) is 5.39. The van der Waals surface area contributed by atoms with Gasteiger partial charge in [0.15, 0.2) is 5.13 Å². The molecule has 0 N–H and O–H groups in total. The molecular weight excluding hydrogens is 386 g/mol. The number of nitriles is 1. The van der Waals surface area contributed by atoms with Gasteiger partial charge in [0.05, 0.1) is 28.6 Å². The molecule has 2 aromatic carbocycles. The second-order valence-corrected chi connectivity index (χ2v) is 7.32. The van der Waals surface area contributed by atoms with Gasteiger partial charge in [-0.15, -0.1) is 11.3 Å². The van der Waals surface area contributed by atoms with Gasteiger partial charge in [-0.1, -0.05) is 18.2 Å². The summed E-state index contributed by atoms with van der Waals surface area (Å²) in [5, 5.41) is 11.1. The van der Waals surface area contributed by atoms with Gasteiger partial charge in [0.2, 0.25) is 5.91 Å². The molecule has 0 spiro atoms. The first kappa shape index (κ1) is 20.2. The van der Waals surface area contributed by atoms with Crippen LogP contribution in [0, 0.1) is 25.2 Å². The van der Waals surface area contributed by atoms with Crippen LogP contribution in [0.3, 0.4) is 0 Å². The lowest BCUT2D eigenvalue weighted by molar-refractivity contribution is -0.115. The van der Waals surface area contributed by atoms with Crippen molar-refractivity contribution >= 4 is 34.0 Å². The lowest BCUT2D eigenvalue weighted by Crippen LogP contribution is -2.24. The average Bonchev–Trinajstić information content (AvgIpc) is 3.17. The van der Waals surface area contributed by atoms with E-state index in [1.165, 1.54) is 18.3 Å². The zero-order valence-electron chi connectivity index (χ0n) is 16.3. The van der Waals surface area contributed by atoms with Crippen LogP contribution in [0.2, 0.25) is 0 Å². The molecule has 6 nitrogen and oxygen atoms in total. The van der Waals surface area contributed by atoms with Crippen LogP contribution >= 0.6 is 11.3 Å². The lowest BCUT2D eigenvalue weighted by atomic mass is 10.1. The highest BCUT2D eigenvalue weighted by atomic mass is 32.1. The second-order valence-electron chi connectivity index (χ2n) is 6.48. The van der Waals surface area contributed by atoms with E-state index in [4.69, 9.17) is 10.00 Å². The zero-order chi connectivity index (χ0) is 21.0. The number of anilines is 2. The third-order valence-corrected chi connectivity index (χ3v) is 5.18. The van der Waals surface area contributed by atoms with Crippen molar-refractivity contribution in [3.05, 3.63) is 75.8 Å². The predicted octanol–water partition coefficient (Wildman–Crippen LogP) is 4.67. The van der Waals surface area contributed by atoms with E-state index < -0.39 is 5.97 Å². The molecule has 0 unspecified atom stereocenters. The highest BCUT2D eigenvalue weighted by Crippen LogP contribution is 2.33. The largest absolute Gasteiger partial charge is 0.456 e. The van der Waals surface area contributed by atoms with E-state index in [2.05, 4.69) is 4.98 Å². The normalized spacial score (nSPS) is 10.3. The molecule has 1 aromatic heterocycles. The molecule has 1 amide bonds. The van der Waals surface area contributed by atoms with Gasteiger partial charge in [-0.2, -0.15) is 5.26 Å². The molecule has 0 bridgehead atoms. The van der Waals surface area contributed by atoms with E-state index in [1.54, 1.807) is 34.5 Å².